The molecule has 126 valence electrons. The molecule has 3 aliphatic heterocycles. The van der Waals surface area contributed by atoms with E-state index in [1.54, 1.807) is 0 Å². The molecule has 0 aromatic carbocycles. The summed E-state index contributed by atoms with van der Waals surface area (Å²) in [4.78, 5) is 19.3. The number of rotatable bonds is 3. The minimum atomic E-state index is -0.198. The number of hydrogen-bond acceptors (Lipinski definition) is 4. The van der Waals surface area contributed by atoms with Gasteiger partial charge in [-0.15, -0.1) is 0 Å². The Kier molecular flexibility index (Phi) is 4.25. The second kappa shape index (κ2) is 5.77. The molecule has 0 aliphatic carbocycles. The Hall–Kier alpha value is -0.650. The predicted octanol–water partition coefficient (Wildman–Crippen LogP) is 0.630. The van der Waals surface area contributed by atoms with Gasteiger partial charge in [0.1, 0.15) is 0 Å². The van der Waals surface area contributed by atoms with Crippen LogP contribution < -0.4 is 0 Å². The summed E-state index contributed by atoms with van der Waals surface area (Å²) >= 11 is 0. The summed E-state index contributed by atoms with van der Waals surface area (Å²) in [5.41, 5.74) is 0.0832. The van der Waals surface area contributed by atoms with Gasteiger partial charge in [0.15, 0.2) is 0 Å². The molecule has 2 atom stereocenters. The van der Waals surface area contributed by atoms with Crippen molar-refractivity contribution >= 4 is 5.91 Å². The number of carbonyl (C=O) groups is 1. The maximum atomic E-state index is 12.2. The van der Waals surface area contributed by atoms with Gasteiger partial charge < -0.3 is 10.0 Å². The molecule has 0 unspecified atom stereocenters. The van der Waals surface area contributed by atoms with Crippen molar-refractivity contribution in [2.45, 2.75) is 51.8 Å². The second-order valence-corrected chi connectivity index (χ2v) is 8.36. The smallest absolute Gasteiger partial charge is 0.225 e. The Morgan fingerprint density at radius 2 is 1.86 bits per heavy atom. The molecule has 0 bridgehead atoms. The molecule has 3 aliphatic rings. The Labute approximate surface area is 134 Å². The van der Waals surface area contributed by atoms with Crippen LogP contribution in [0.2, 0.25) is 0 Å². The molecular formula is C17H31N3O2. The van der Waals surface area contributed by atoms with Crippen molar-refractivity contribution < 1.29 is 9.90 Å². The summed E-state index contributed by atoms with van der Waals surface area (Å²) in [5.74, 6) is 0.999. The standard InChI is InChI=1S/C17H31N3O2/c1-12(2)6-18-7-14-5-15(21)8-20(14)17(9-18)10-19(11-17)16(22)13(3)4/h12-15,21H,5-11H2,1-4H3/t14-,15+/m0/s1. The normalized spacial score (nSPS) is 31.9. The predicted molar refractivity (Wildman–Crippen MR) is 86.5 cm³/mol. The zero-order valence-corrected chi connectivity index (χ0v) is 14.5. The van der Waals surface area contributed by atoms with E-state index in [0.29, 0.717) is 12.0 Å². The van der Waals surface area contributed by atoms with Crippen molar-refractivity contribution in [3.63, 3.8) is 0 Å². The molecule has 0 saturated carbocycles. The van der Waals surface area contributed by atoms with Crippen LogP contribution in [0.25, 0.3) is 0 Å². The average Bonchev–Trinajstić information content (AvgIpc) is 2.73. The first-order valence-electron chi connectivity index (χ1n) is 8.77. The van der Waals surface area contributed by atoms with E-state index in [1.165, 1.54) is 0 Å². The lowest BCUT2D eigenvalue weighted by Gasteiger charge is -2.61. The highest BCUT2D eigenvalue weighted by Gasteiger charge is 2.57. The molecule has 0 aromatic heterocycles. The molecule has 3 saturated heterocycles. The number of piperazine rings is 1. The van der Waals surface area contributed by atoms with Gasteiger partial charge in [0.2, 0.25) is 5.91 Å². The highest BCUT2D eigenvalue weighted by molar-refractivity contribution is 5.79. The molecule has 3 rings (SSSR count). The Bertz CT molecular complexity index is 432. The number of aliphatic hydroxyl groups is 1. The number of β-amino-alcohol motifs (C(OH)–C–C–N with tert-alkyl or cyclic N) is 1. The van der Waals surface area contributed by atoms with Crippen LogP contribution >= 0.6 is 0 Å². The number of amides is 1. The van der Waals surface area contributed by atoms with Crippen molar-refractivity contribution in [3.05, 3.63) is 0 Å². The maximum Gasteiger partial charge on any atom is 0.225 e. The van der Waals surface area contributed by atoms with E-state index in [1.807, 2.05) is 18.7 Å². The minimum Gasteiger partial charge on any atom is -0.392 e. The SMILES string of the molecule is CC(C)CN1C[C@@H]2C[C@@H](O)CN2C2(C1)CN(C(=O)C(C)C)C2. The summed E-state index contributed by atoms with van der Waals surface area (Å²) in [6.45, 7) is 14.1. The highest BCUT2D eigenvalue weighted by atomic mass is 16.3. The highest BCUT2D eigenvalue weighted by Crippen LogP contribution is 2.39. The quantitative estimate of drug-likeness (QED) is 0.831. The van der Waals surface area contributed by atoms with Crippen LogP contribution in [0.1, 0.15) is 34.1 Å². The van der Waals surface area contributed by atoms with Gasteiger partial charge >= 0.3 is 0 Å². The first-order chi connectivity index (χ1) is 10.3. The number of nitrogens with zero attached hydrogens (tertiary/aromatic N) is 3. The third-order valence-corrected chi connectivity index (χ3v) is 5.39. The molecule has 0 aromatic rings. The van der Waals surface area contributed by atoms with Gasteiger partial charge in [0.05, 0.1) is 11.6 Å². The van der Waals surface area contributed by atoms with Crippen molar-refractivity contribution in [2.75, 3.05) is 39.3 Å². The van der Waals surface area contributed by atoms with E-state index < -0.39 is 0 Å². The van der Waals surface area contributed by atoms with Crippen molar-refractivity contribution in [1.29, 1.82) is 0 Å². The lowest BCUT2D eigenvalue weighted by Crippen LogP contribution is -2.79. The summed E-state index contributed by atoms with van der Waals surface area (Å²) < 4.78 is 0. The van der Waals surface area contributed by atoms with Gasteiger partial charge in [-0.2, -0.15) is 0 Å². The Balaban J connectivity index is 1.72. The summed E-state index contributed by atoms with van der Waals surface area (Å²) in [5, 5.41) is 10.1. The van der Waals surface area contributed by atoms with Crippen LogP contribution in [0.15, 0.2) is 0 Å². The molecule has 1 spiro atoms. The molecular weight excluding hydrogens is 278 g/mol. The van der Waals surface area contributed by atoms with Crippen molar-refractivity contribution in [1.82, 2.24) is 14.7 Å². The monoisotopic (exact) mass is 309 g/mol. The first-order valence-corrected chi connectivity index (χ1v) is 8.77. The summed E-state index contributed by atoms with van der Waals surface area (Å²) in [6, 6.07) is 0.457. The number of likely N-dealkylation sites (tertiary alicyclic amines) is 1. The number of fused-ring (bicyclic) bond motifs is 2. The van der Waals surface area contributed by atoms with Gasteiger partial charge in [-0.25, -0.2) is 0 Å². The van der Waals surface area contributed by atoms with Gasteiger partial charge in [-0.1, -0.05) is 27.7 Å². The van der Waals surface area contributed by atoms with Gasteiger partial charge in [0, 0.05) is 51.2 Å². The average molecular weight is 309 g/mol. The molecule has 22 heavy (non-hydrogen) atoms. The van der Waals surface area contributed by atoms with E-state index in [4.69, 9.17) is 0 Å². The van der Waals surface area contributed by atoms with Gasteiger partial charge in [0.25, 0.3) is 0 Å². The van der Waals surface area contributed by atoms with Crippen LogP contribution in [0.4, 0.5) is 0 Å². The fourth-order valence-electron chi connectivity index (χ4n) is 4.64. The third kappa shape index (κ3) is 2.79. The largest absolute Gasteiger partial charge is 0.392 e. The lowest BCUT2D eigenvalue weighted by atomic mass is 9.83. The topological polar surface area (TPSA) is 47.0 Å². The van der Waals surface area contributed by atoms with E-state index in [2.05, 4.69) is 23.6 Å². The maximum absolute atomic E-state index is 12.2. The van der Waals surface area contributed by atoms with Gasteiger partial charge in [-0.05, 0) is 12.3 Å². The fraction of sp³-hybridized carbons (Fsp3) is 0.941. The third-order valence-electron chi connectivity index (χ3n) is 5.39. The Morgan fingerprint density at radius 3 is 2.45 bits per heavy atom. The number of aliphatic hydroxyl groups excluding tert-OH is 1. The molecule has 5 nitrogen and oxygen atoms in total. The van der Waals surface area contributed by atoms with E-state index in [0.717, 1.165) is 45.7 Å². The summed E-state index contributed by atoms with van der Waals surface area (Å²) in [6.07, 6.45) is 0.685. The van der Waals surface area contributed by atoms with Gasteiger partial charge in [-0.3, -0.25) is 14.6 Å². The molecule has 1 amide bonds. The van der Waals surface area contributed by atoms with Crippen LogP contribution in [0.3, 0.4) is 0 Å². The molecule has 3 fully saturated rings. The minimum absolute atomic E-state index is 0.0765. The number of hydrogen-bond donors (Lipinski definition) is 1. The first kappa shape index (κ1) is 16.2. The fourth-order valence-corrected chi connectivity index (χ4v) is 4.64. The van der Waals surface area contributed by atoms with Crippen LogP contribution in [0, 0.1) is 11.8 Å². The zero-order chi connectivity index (χ0) is 16.1. The van der Waals surface area contributed by atoms with E-state index in [-0.39, 0.29) is 23.5 Å². The van der Waals surface area contributed by atoms with Crippen LogP contribution in [-0.2, 0) is 4.79 Å². The summed E-state index contributed by atoms with van der Waals surface area (Å²) in [7, 11) is 0. The van der Waals surface area contributed by atoms with Crippen molar-refractivity contribution in [2.24, 2.45) is 11.8 Å². The second-order valence-electron chi connectivity index (χ2n) is 8.36. The van der Waals surface area contributed by atoms with E-state index in [9.17, 15) is 9.90 Å². The zero-order valence-electron chi connectivity index (χ0n) is 14.5. The number of carbonyl (C=O) groups excluding carboxylic acids is 1. The molecule has 1 N–H and O–H groups in total. The molecule has 5 heteroatoms. The Morgan fingerprint density at radius 1 is 1.18 bits per heavy atom. The molecule has 3 heterocycles. The van der Waals surface area contributed by atoms with Crippen LogP contribution in [0.5, 0.6) is 0 Å². The van der Waals surface area contributed by atoms with Crippen LogP contribution in [-0.4, -0.2) is 82.7 Å². The van der Waals surface area contributed by atoms with Crippen molar-refractivity contribution in [3.8, 4) is 0 Å². The lowest BCUT2D eigenvalue weighted by molar-refractivity contribution is -0.159. The van der Waals surface area contributed by atoms with E-state index >= 15 is 0 Å². The molecule has 0 radical (unpaired) electrons.